The van der Waals surface area contributed by atoms with Crippen LogP contribution in [0.15, 0.2) is 0 Å². The highest BCUT2D eigenvalue weighted by Crippen LogP contribution is 2.36. The number of quaternary nitrogens is 1. The van der Waals surface area contributed by atoms with E-state index in [1.165, 1.54) is 17.6 Å². The van der Waals surface area contributed by atoms with Gasteiger partial charge in [-0.1, -0.05) is 20.8 Å². The van der Waals surface area contributed by atoms with Gasteiger partial charge in [0.05, 0.1) is 27.2 Å². The summed E-state index contributed by atoms with van der Waals surface area (Å²) in [5.74, 6) is 0.877. The van der Waals surface area contributed by atoms with Gasteiger partial charge in [-0.2, -0.15) is 0 Å². The molecule has 1 fully saturated rings. The van der Waals surface area contributed by atoms with Crippen LogP contribution in [0.2, 0.25) is 0 Å². The summed E-state index contributed by atoms with van der Waals surface area (Å²) in [7, 11) is 4.65. The van der Waals surface area contributed by atoms with Crippen molar-refractivity contribution in [3.8, 4) is 0 Å². The maximum atomic E-state index is 2.38. The van der Waals surface area contributed by atoms with Crippen LogP contribution in [-0.2, 0) is 0 Å². The highest BCUT2D eigenvalue weighted by Gasteiger charge is 2.43. The predicted molar refractivity (Wildman–Crippen MR) is 44.8 cm³/mol. The van der Waals surface area contributed by atoms with Crippen molar-refractivity contribution in [1.29, 1.82) is 0 Å². The molecule has 60 valence electrons. The highest BCUT2D eigenvalue weighted by molar-refractivity contribution is 4.79. The molecule has 0 bridgehead atoms. The molecule has 0 aromatic rings. The molecule has 1 atom stereocenters. The number of hydrogen-bond donors (Lipinski definition) is 0. The summed E-state index contributed by atoms with van der Waals surface area (Å²) in [4.78, 5) is 0. The smallest absolute Gasteiger partial charge is 0.0839 e. The summed E-state index contributed by atoms with van der Waals surface area (Å²) in [6.07, 6.45) is 0. The largest absolute Gasteiger partial charge is 0.328 e. The van der Waals surface area contributed by atoms with Crippen LogP contribution in [0.4, 0.5) is 0 Å². The number of nitrogens with zero attached hydrogens (tertiary/aromatic N) is 1. The molecule has 0 spiro atoms. The molecule has 1 aliphatic rings. The molecule has 10 heavy (non-hydrogen) atoms. The SMILES string of the molecule is CC1C[N+](C)(C)CC1(C)C. The van der Waals surface area contributed by atoms with E-state index in [0.29, 0.717) is 5.41 Å². The van der Waals surface area contributed by atoms with Crippen molar-refractivity contribution in [2.24, 2.45) is 11.3 Å². The van der Waals surface area contributed by atoms with E-state index in [-0.39, 0.29) is 0 Å². The molecule has 0 radical (unpaired) electrons. The number of hydrogen-bond acceptors (Lipinski definition) is 0. The van der Waals surface area contributed by atoms with Crippen LogP contribution in [0.5, 0.6) is 0 Å². The van der Waals surface area contributed by atoms with E-state index < -0.39 is 0 Å². The Bertz CT molecular complexity index is 136. The summed E-state index contributed by atoms with van der Waals surface area (Å²) < 4.78 is 1.20. The molecule has 1 saturated heterocycles. The Labute approximate surface area is 64.6 Å². The fourth-order valence-electron chi connectivity index (χ4n) is 2.31. The third-order valence-electron chi connectivity index (χ3n) is 2.94. The molecule has 0 aliphatic carbocycles. The molecule has 1 heteroatoms. The lowest BCUT2D eigenvalue weighted by molar-refractivity contribution is -0.881. The minimum Gasteiger partial charge on any atom is -0.328 e. The minimum atomic E-state index is 0.559. The fourth-order valence-corrected chi connectivity index (χ4v) is 2.31. The lowest BCUT2D eigenvalue weighted by Crippen LogP contribution is -2.37. The molecule has 0 aromatic heterocycles. The Kier molecular flexibility index (Phi) is 1.59. The van der Waals surface area contributed by atoms with E-state index in [1.54, 1.807) is 0 Å². The Morgan fingerprint density at radius 3 is 1.90 bits per heavy atom. The zero-order valence-corrected chi connectivity index (χ0v) is 7.94. The second-order valence-corrected chi connectivity index (χ2v) is 5.17. The lowest BCUT2D eigenvalue weighted by atomic mass is 9.84. The van der Waals surface area contributed by atoms with Gasteiger partial charge in [-0.05, 0) is 0 Å². The highest BCUT2D eigenvalue weighted by atomic mass is 15.3. The molecule has 0 N–H and O–H groups in total. The van der Waals surface area contributed by atoms with Crippen LogP contribution in [0.3, 0.4) is 0 Å². The van der Waals surface area contributed by atoms with Gasteiger partial charge < -0.3 is 4.48 Å². The molecule has 1 rings (SSSR count). The van der Waals surface area contributed by atoms with Gasteiger partial charge >= 0.3 is 0 Å². The number of rotatable bonds is 0. The van der Waals surface area contributed by atoms with Gasteiger partial charge in [-0.3, -0.25) is 0 Å². The van der Waals surface area contributed by atoms with Gasteiger partial charge in [0.1, 0.15) is 0 Å². The first kappa shape index (κ1) is 8.06. The van der Waals surface area contributed by atoms with Gasteiger partial charge in [0.2, 0.25) is 0 Å². The van der Waals surface area contributed by atoms with Crippen molar-refractivity contribution in [2.75, 3.05) is 27.2 Å². The van der Waals surface area contributed by atoms with Gasteiger partial charge in [-0.15, -0.1) is 0 Å². The minimum absolute atomic E-state index is 0.559. The second-order valence-electron chi connectivity index (χ2n) is 5.17. The van der Waals surface area contributed by atoms with Crippen molar-refractivity contribution in [3.63, 3.8) is 0 Å². The predicted octanol–water partition coefficient (Wildman–Crippen LogP) is 1.74. The summed E-state index contributed by atoms with van der Waals surface area (Å²) >= 11 is 0. The van der Waals surface area contributed by atoms with E-state index in [1.807, 2.05) is 0 Å². The summed E-state index contributed by atoms with van der Waals surface area (Å²) in [5, 5.41) is 0. The van der Waals surface area contributed by atoms with Crippen molar-refractivity contribution >= 4 is 0 Å². The Balaban J connectivity index is 2.71. The maximum Gasteiger partial charge on any atom is 0.0839 e. The number of likely N-dealkylation sites (tertiary alicyclic amines) is 1. The van der Waals surface area contributed by atoms with Crippen molar-refractivity contribution in [2.45, 2.75) is 20.8 Å². The monoisotopic (exact) mass is 142 g/mol. The van der Waals surface area contributed by atoms with Crippen LogP contribution in [-0.4, -0.2) is 31.7 Å². The molecule has 1 unspecified atom stereocenters. The van der Waals surface area contributed by atoms with E-state index in [2.05, 4.69) is 34.9 Å². The van der Waals surface area contributed by atoms with Crippen LogP contribution in [0.25, 0.3) is 0 Å². The normalized spacial score (nSPS) is 36.3. The molecule has 0 amide bonds. The first-order valence-corrected chi connectivity index (χ1v) is 4.15. The van der Waals surface area contributed by atoms with Gasteiger partial charge in [0.15, 0.2) is 0 Å². The second kappa shape index (κ2) is 1.97. The molecular formula is C9H20N+. The van der Waals surface area contributed by atoms with Crippen molar-refractivity contribution < 1.29 is 4.48 Å². The fraction of sp³-hybridized carbons (Fsp3) is 1.00. The third-order valence-corrected chi connectivity index (χ3v) is 2.94. The Morgan fingerprint density at radius 1 is 1.30 bits per heavy atom. The topological polar surface area (TPSA) is 0 Å². The summed E-state index contributed by atoms with van der Waals surface area (Å²) in [6.45, 7) is 9.80. The van der Waals surface area contributed by atoms with Gasteiger partial charge in [-0.25, -0.2) is 0 Å². The van der Waals surface area contributed by atoms with Crippen LogP contribution >= 0.6 is 0 Å². The first-order chi connectivity index (χ1) is 4.33. The van der Waals surface area contributed by atoms with E-state index in [9.17, 15) is 0 Å². The van der Waals surface area contributed by atoms with E-state index >= 15 is 0 Å². The first-order valence-electron chi connectivity index (χ1n) is 4.15. The zero-order chi connectivity index (χ0) is 7.99. The average molecular weight is 142 g/mol. The molecule has 1 aliphatic heterocycles. The van der Waals surface area contributed by atoms with E-state index in [4.69, 9.17) is 0 Å². The lowest BCUT2D eigenvalue weighted by Gasteiger charge is -2.25. The summed E-state index contributed by atoms with van der Waals surface area (Å²) in [5.41, 5.74) is 0.559. The van der Waals surface area contributed by atoms with Gasteiger partial charge in [0, 0.05) is 11.3 Å². The molecule has 1 heterocycles. The van der Waals surface area contributed by atoms with Crippen LogP contribution in [0, 0.1) is 11.3 Å². The van der Waals surface area contributed by atoms with E-state index in [0.717, 1.165) is 5.92 Å². The summed E-state index contributed by atoms with van der Waals surface area (Å²) in [6, 6.07) is 0. The van der Waals surface area contributed by atoms with Crippen molar-refractivity contribution in [3.05, 3.63) is 0 Å². The maximum absolute atomic E-state index is 2.38. The van der Waals surface area contributed by atoms with Gasteiger partial charge in [0.25, 0.3) is 0 Å². The molecule has 0 aromatic carbocycles. The Morgan fingerprint density at radius 2 is 1.80 bits per heavy atom. The third kappa shape index (κ3) is 1.34. The molecular weight excluding hydrogens is 122 g/mol. The van der Waals surface area contributed by atoms with Crippen LogP contribution < -0.4 is 0 Å². The quantitative estimate of drug-likeness (QED) is 0.452. The molecule has 1 nitrogen and oxygen atoms in total. The van der Waals surface area contributed by atoms with Crippen molar-refractivity contribution in [1.82, 2.24) is 0 Å². The van der Waals surface area contributed by atoms with Crippen LogP contribution in [0.1, 0.15) is 20.8 Å². The zero-order valence-electron chi connectivity index (χ0n) is 7.94. The average Bonchev–Trinajstić information content (AvgIpc) is 1.73. The Hall–Kier alpha value is -0.0400. The standard InChI is InChI=1S/C9H20N/c1-8-6-10(4,5)7-9(8,2)3/h8H,6-7H2,1-5H3/q+1. The molecule has 0 saturated carbocycles.